The molecule has 0 aromatic heterocycles. The number of hydrogen-bond acceptors (Lipinski definition) is 6. The third-order valence-electron chi connectivity index (χ3n) is 5.08. The Bertz CT molecular complexity index is 875. The smallest absolute Gasteiger partial charge is 0.182 e. The van der Waals surface area contributed by atoms with Crippen molar-refractivity contribution in [3.8, 4) is 0 Å². The first-order valence-corrected chi connectivity index (χ1v) is 9.80. The first-order chi connectivity index (χ1) is 13.3. The van der Waals surface area contributed by atoms with Gasteiger partial charge in [-0.15, -0.1) is 0 Å². The summed E-state index contributed by atoms with van der Waals surface area (Å²) in [4.78, 5) is 4.94. The minimum absolute atomic E-state index is 0.303. The van der Waals surface area contributed by atoms with Crippen molar-refractivity contribution < 1.29 is 8.84 Å². The Labute approximate surface area is 163 Å². The highest BCUT2D eigenvalue weighted by Crippen LogP contribution is 2.23. The van der Waals surface area contributed by atoms with Gasteiger partial charge in [-0.25, -0.2) is 0 Å². The molecule has 27 heavy (non-hydrogen) atoms. The monoisotopic (exact) mass is 381 g/mol. The Hall–Kier alpha value is -2.25. The number of fused-ring (bicyclic) bond motifs is 1. The van der Waals surface area contributed by atoms with Crippen LogP contribution in [0.2, 0.25) is 0 Å². The largest absolute Gasteiger partial charge is 0.369 e. The van der Waals surface area contributed by atoms with Gasteiger partial charge in [0.05, 0.1) is 5.69 Å². The minimum Gasteiger partial charge on any atom is -0.369 e. The second-order valence-corrected chi connectivity index (χ2v) is 7.02. The van der Waals surface area contributed by atoms with Crippen LogP contribution in [0.1, 0.15) is 5.56 Å². The van der Waals surface area contributed by atoms with E-state index in [1.165, 1.54) is 22.0 Å². The Morgan fingerprint density at radius 2 is 1.63 bits per heavy atom. The predicted molar refractivity (Wildman–Crippen MR) is 113 cm³/mol. The molecule has 0 aliphatic carbocycles. The summed E-state index contributed by atoms with van der Waals surface area (Å²) in [5.41, 5.74) is 6.09. The number of hydrogen-bond donors (Lipinski definition) is 2. The van der Waals surface area contributed by atoms with Crippen LogP contribution in [0.3, 0.4) is 0 Å². The van der Waals surface area contributed by atoms with Crippen LogP contribution < -0.4 is 10.4 Å². The highest BCUT2D eigenvalue weighted by atomic mass is 32.2. The summed E-state index contributed by atoms with van der Waals surface area (Å²) in [7, 11) is 0. The molecule has 1 saturated heterocycles. The van der Waals surface area contributed by atoms with Gasteiger partial charge in [0.25, 0.3) is 0 Å². The summed E-state index contributed by atoms with van der Waals surface area (Å²) < 4.78 is 13.3. The molecule has 3 aromatic rings. The van der Waals surface area contributed by atoms with E-state index >= 15 is 0 Å². The van der Waals surface area contributed by atoms with E-state index < -0.39 is 0 Å². The van der Waals surface area contributed by atoms with Crippen LogP contribution in [0.15, 0.2) is 66.7 Å². The summed E-state index contributed by atoms with van der Waals surface area (Å²) in [5.74, 6) is 0. The van der Waals surface area contributed by atoms with Crippen molar-refractivity contribution in [1.82, 2.24) is 4.90 Å². The Kier molecular flexibility index (Phi) is 5.79. The topological polar surface area (TPSA) is 48.0 Å². The maximum Gasteiger partial charge on any atom is 0.182 e. The van der Waals surface area contributed by atoms with Crippen molar-refractivity contribution in [3.63, 3.8) is 0 Å². The van der Waals surface area contributed by atoms with Crippen molar-refractivity contribution in [2.45, 2.75) is 6.54 Å². The lowest BCUT2D eigenvalue weighted by molar-refractivity contribution is 0.250. The normalized spacial score (nSPS) is 15.2. The van der Waals surface area contributed by atoms with Gasteiger partial charge in [-0.3, -0.25) is 10.4 Å². The van der Waals surface area contributed by atoms with Crippen molar-refractivity contribution in [1.29, 1.82) is 0 Å². The third kappa shape index (κ3) is 4.36. The van der Waals surface area contributed by atoms with Crippen LogP contribution in [0, 0.1) is 0 Å². The van der Waals surface area contributed by atoms with Gasteiger partial charge in [-0.05, 0) is 40.6 Å². The molecule has 0 atom stereocenters. The Morgan fingerprint density at radius 3 is 2.41 bits per heavy atom. The molecule has 140 valence electrons. The van der Waals surface area contributed by atoms with E-state index in [4.69, 9.17) is 8.84 Å². The highest BCUT2D eigenvalue weighted by Gasteiger charge is 2.18. The molecule has 4 rings (SSSR count). The maximum atomic E-state index is 8.59. The summed E-state index contributed by atoms with van der Waals surface area (Å²) in [6.07, 6.45) is 0. The van der Waals surface area contributed by atoms with Crippen molar-refractivity contribution in [2.75, 3.05) is 36.6 Å². The Morgan fingerprint density at radius 1 is 0.889 bits per heavy atom. The van der Waals surface area contributed by atoms with Crippen LogP contribution in [-0.4, -0.2) is 35.6 Å². The van der Waals surface area contributed by atoms with Gasteiger partial charge in [0.1, 0.15) is 0 Å². The molecule has 3 aromatic carbocycles. The van der Waals surface area contributed by atoms with E-state index in [9.17, 15) is 0 Å². The van der Waals surface area contributed by atoms with Crippen LogP contribution >= 0.6 is 12.3 Å². The van der Waals surface area contributed by atoms with E-state index in [2.05, 4.69) is 69.9 Å². The number of anilines is 2. The van der Waals surface area contributed by atoms with Gasteiger partial charge >= 0.3 is 0 Å². The molecule has 6 heteroatoms. The highest BCUT2D eigenvalue weighted by molar-refractivity contribution is 7.88. The Balaban J connectivity index is 1.36. The summed E-state index contributed by atoms with van der Waals surface area (Å²) in [6, 6.07) is 23.3. The van der Waals surface area contributed by atoms with Gasteiger partial charge in [0, 0.05) is 38.4 Å². The van der Waals surface area contributed by atoms with E-state index in [0.717, 1.165) is 38.4 Å². The molecule has 0 radical (unpaired) electrons. The van der Waals surface area contributed by atoms with Crippen molar-refractivity contribution in [2.24, 2.45) is 0 Å². The van der Waals surface area contributed by atoms with Gasteiger partial charge < -0.3 is 9.45 Å². The second-order valence-electron chi connectivity index (χ2n) is 6.71. The maximum absolute atomic E-state index is 8.59. The number of piperazine rings is 1. The average Bonchev–Trinajstić information content (AvgIpc) is 2.73. The molecule has 1 fully saturated rings. The molecule has 1 aliphatic rings. The first-order valence-electron chi connectivity index (χ1n) is 9.10. The van der Waals surface area contributed by atoms with Crippen LogP contribution in [0.4, 0.5) is 11.4 Å². The fourth-order valence-electron chi connectivity index (χ4n) is 3.64. The molecule has 0 amide bonds. The zero-order chi connectivity index (χ0) is 18.5. The standard InChI is InChI=1S/C21H23N3O2S/c25-27-26-22-19-8-10-20(11-9-19)24-14-12-23(13-15-24)16-18-6-3-5-17-4-1-2-7-21(17)18/h1-11,22,25H,12-16H2. The molecule has 2 N–H and O–H groups in total. The van der Waals surface area contributed by atoms with Crippen molar-refractivity contribution in [3.05, 3.63) is 72.3 Å². The fraction of sp³-hybridized carbons (Fsp3) is 0.238. The summed E-state index contributed by atoms with van der Waals surface area (Å²) in [6.45, 7) is 5.12. The van der Waals surface area contributed by atoms with Crippen LogP contribution in [0.5, 0.6) is 0 Å². The average molecular weight is 382 g/mol. The van der Waals surface area contributed by atoms with E-state index in [-0.39, 0.29) is 0 Å². The number of rotatable bonds is 6. The van der Waals surface area contributed by atoms with Crippen molar-refractivity contribution >= 4 is 34.5 Å². The predicted octanol–water partition coefficient (Wildman–Crippen LogP) is 4.63. The molecule has 1 heterocycles. The molecule has 0 unspecified atom stereocenters. The first kappa shape index (κ1) is 18.1. The summed E-state index contributed by atoms with van der Waals surface area (Å²) in [5, 5.41) is 2.67. The lowest BCUT2D eigenvalue weighted by Crippen LogP contribution is -2.45. The number of nitrogens with one attached hydrogen (secondary N) is 1. The minimum atomic E-state index is 0.303. The molecule has 0 saturated carbocycles. The third-order valence-corrected chi connectivity index (χ3v) is 5.23. The van der Waals surface area contributed by atoms with Crippen LogP contribution in [0.25, 0.3) is 10.8 Å². The number of benzene rings is 3. The van der Waals surface area contributed by atoms with Gasteiger partial charge in [-0.1, -0.05) is 42.5 Å². The lowest BCUT2D eigenvalue weighted by Gasteiger charge is -2.36. The molecule has 0 spiro atoms. The zero-order valence-corrected chi connectivity index (χ0v) is 15.9. The van der Waals surface area contributed by atoms with Crippen LogP contribution in [-0.2, 0) is 10.8 Å². The van der Waals surface area contributed by atoms with Gasteiger partial charge in [0.15, 0.2) is 12.3 Å². The SMILES string of the molecule is OSONc1ccc(N2CCN(Cc3cccc4ccccc34)CC2)cc1. The fourth-order valence-corrected chi connectivity index (χ4v) is 3.78. The molecular weight excluding hydrogens is 358 g/mol. The lowest BCUT2D eigenvalue weighted by atomic mass is 10.0. The van der Waals surface area contributed by atoms with Gasteiger partial charge in [-0.2, -0.15) is 4.28 Å². The van der Waals surface area contributed by atoms with E-state index in [1.54, 1.807) is 0 Å². The second kappa shape index (κ2) is 8.63. The quantitative estimate of drug-likeness (QED) is 0.480. The van der Waals surface area contributed by atoms with Gasteiger partial charge in [0.2, 0.25) is 0 Å². The summed E-state index contributed by atoms with van der Waals surface area (Å²) >= 11 is 0.303. The molecule has 5 nitrogen and oxygen atoms in total. The van der Waals surface area contributed by atoms with E-state index in [0.29, 0.717) is 12.3 Å². The molecule has 0 bridgehead atoms. The molecule has 1 aliphatic heterocycles. The number of nitrogens with zero attached hydrogens (tertiary/aromatic N) is 2. The zero-order valence-electron chi connectivity index (χ0n) is 15.0. The molecular formula is C21H23N3O2S. The van der Waals surface area contributed by atoms with E-state index in [1.807, 2.05) is 12.1 Å².